The Hall–Kier alpha value is -2.73. The van der Waals surface area contributed by atoms with Gasteiger partial charge in [0, 0.05) is 38.9 Å². The van der Waals surface area contributed by atoms with E-state index in [1.807, 2.05) is 7.05 Å². The van der Waals surface area contributed by atoms with Gasteiger partial charge < -0.3 is 25.2 Å². The van der Waals surface area contributed by atoms with Crippen molar-refractivity contribution in [3.8, 4) is 0 Å². The Morgan fingerprint density at radius 1 is 1.26 bits per heavy atom. The standard InChI is InChI=1S/C25H32N4O2/c1-16-26-23-21(29(16)3)13-20(24(30)28(2)11-12-31-4)19-9-10-25(27-22(19)23)14-17-7-5-6-8-18(17)15-25/h5-8,13,16,26-27H,9-12,14-15H2,1-4H3. The normalized spacial score (nSPS) is 20.0. The molecule has 1 amide bonds. The number of nitrogens with zero attached hydrogens (tertiary/aromatic N) is 2. The van der Waals surface area contributed by atoms with Crippen LogP contribution in [0.3, 0.4) is 0 Å². The summed E-state index contributed by atoms with van der Waals surface area (Å²) < 4.78 is 5.19. The number of carbonyl (C=O) groups is 1. The highest BCUT2D eigenvalue weighted by Gasteiger charge is 2.43. The van der Waals surface area contributed by atoms with E-state index < -0.39 is 0 Å². The summed E-state index contributed by atoms with van der Waals surface area (Å²) in [5, 5.41) is 7.60. The third-order valence-electron chi connectivity index (χ3n) is 7.36. The van der Waals surface area contributed by atoms with Crippen LogP contribution >= 0.6 is 0 Å². The lowest BCUT2D eigenvalue weighted by atomic mass is 9.81. The molecule has 0 saturated carbocycles. The lowest BCUT2D eigenvalue weighted by molar-refractivity contribution is 0.0743. The molecule has 2 N–H and O–H groups in total. The SMILES string of the molecule is COCCN(C)C(=O)c1cc2c(c3c1CCC1(Cc4ccccc4C1)N3)NC(C)N2C. The molecule has 164 valence electrons. The van der Waals surface area contributed by atoms with E-state index in [4.69, 9.17) is 4.74 Å². The van der Waals surface area contributed by atoms with Crippen molar-refractivity contribution in [1.29, 1.82) is 0 Å². The van der Waals surface area contributed by atoms with Gasteiger partial charge in [0.25, 0.3) is 5.91 Å². The predicted octanol–water partition coefficient (Wildman–Crippen LogP) is 3.51. The van der Waals surface area contributed by atoms with Crippen molar-refractivity contribution in [2.45, 2.75) is 44.3 Å². The van der Waals surface area contributed by atoms with Crippen LogP contribution in [-0.4, -0.2) is 56.9 Å². The minimum Gasteiger partial charge on any atom is -0.383 e. The highest BCUT2D eigenvalue weighted by Crippen LogP contribution is 2.49. The summed E-state index contributed by atoms with van der Waals surface area (Å²) in [5.41, 5.74) is 8.22. The van der Waals surface area contributed by atoms with Crippen LogP contribution in [0.4, 0.5) is 17.1 Å². The molecule has 0 saturated heterocycles. The predicted molar refractivity (Wildman–Crippen MR) is 125 cm³/mol. The molecule has 1 atom stereocenters. The van der Waals surface area contributed by atoms with E-state index in [-0.39, 0.29) is 17.6 Å². The lowest BCUT2D eigenvalue weighted by Gasteiger charge is -2.39. The number of rotatable bonds is 4. The third-order valence-corrected chi connectivity index (χ3v) is 7.36. The monoisotopic (exact) mass is 420 g/mol. The summed E-state index contributed by atoms with van der Waals surface area (Å²) in [4.78, 5) is 17.4. The Morgan fingerprint density at radius 2 is 1.97 bits per heavy atom. The minimum atomic E-state index is 0.0279. The number of methoxy groups -OCH3 is 1. The van der Waals surface area contributed by atoms with Gasteiger partial charge in [0.05, 0.1) is 29.8 Å². The lowest BCUT2D eigenvalue weighted by Crippen LogP contribution is -2.43. The molecule has 31 heavy (non-hydrogen) atoms. The molecule has 0 aromatic heterocycles. The van der Waals surface area contributed by atoms with Crippen molar-refractivity contribution in [1.82, 2.24) is 4.90 Å². The Bertz CT molecular complexity index is 1010. The molecule has 6 heteroatoms. The van der Waals surface area contributed by atoms with Gasteiger partial charge in [-0.1, -0.05) is 24.3 Å². The quantitative estimate of drug-likeness (QED) is 0.793. The van der Waals surface area contributed by atoms with E-state index in [9.17, 15) is 4.79 Å². The maximum Gasteiger partial charge on any atom is 0.254 e. The summed E-state index contributed by atoms with van der Waals surface area (Å²) >= 11 is 0. The first-order valence-corrected chi connectivity index (χ1v) is 11.2. The van der Waals surface area contributed by atoms with Crippen molar-refractivity contribution in [3.63, 3.8) is 0 Å². The van der Waals surface area contributed by atoms with Gasteiger partial charge in [-0.05, 0) is 55.4 Å². The van der Waals surface area contributed by atoms with E-state index in [2.05, 4.69) is 59.8 Å². The van der Waals surface area contributed by atoms with Crippen molar-refractivity contribution >= 4 is 23.0 Å². The first kappa shape index (κ1) is 20.2. The van der Waals surface area contributed by atoms with E-state index in [1.165, 1.54) is 11.1 Å². The van der Waals surface area contributed by atoms with Crippen LogP contribution < -0.4 is 15.5 Å². The second kappa shape index (κ2) is 7.45. The van der Waals surface area contributed by atoms with Gasteiger partial charge in [0.15, 0.2) is 0 Å². The summed E-state index contributed by atoms with van der Waals surface area (Å²) in [6.07, 6.45) is 4.20. The third kappa shape index (κ3) is 3.24. The maximum absolute atomic E-state index is 13.4. The highest BCUT2D eigenvalue weighted by molar-refractivity contribution is 6.03. The molecule has 0 bridgehead atoms. The van der Waals surface area contributed by atoms with Crippen LogP contribution in [0.25, 0.3) is 0 Å². The van der Waals surface area contributed by atoms with Gasteiger partial charge in [0.2, 0.25) is 0 Å². The van der Waals surface area contributed by atoms with Crippen LogP contribution in [0.1, 0.15) is 40.4 Å². The fourth-order valence-corrected chi connectivity index (χ4v) is 5.42. The number of nitrogens with one attached hydrogen (secondary N) is 2. The minimum absolute atomic E-state index is 0.0279. The number of hydrogen-bond acceptors (Lipinski definition) is 5. The average Bonchev–Trinajstić information content (AvgIpc) is 3.27. The van der Waals surface area contributed by atoms with Crippen molar-refractivity contribution in [2.24, 2.45) is 0 Å². The van der Waals surface area contributed by atoms with Crippen LogP contribution in [0, 0.1) is 0 Å². The van der Waals surface area contributed by atoms with Crippen LogP contribution in [0.5, 0.6) is 0 Å². The molecule has 1 unspecified atom stereocenters. The number of carbonyl (C=O) groups excluding carboxylic acids is 1. The van der Waals surface area contributed by atoms with Crippen LogP contribution in [0.15, 0.2) is 30.3 Å². The number of anilines is 3. The zero-order chi connectivity index (χ0) is 21.8. The molecule has 1 aliphatic carbocycles. The molecular formula is C25H32N4O2. The van der Waals surface area contributed by atoms with Gasteiger partial charge in [-0.25, -0.2) is 0 Å². The van der Waals surface area contributed by atoms with Gasteiger partial charge >= 0.3 is 0 Å². The van der Waals surface area contributed by atoms with E-state index in [0.29, 0.717) is 13.2 Å². The maximum atomic E-state index is 13.4. The largest absolute Gasteiger partial charge is 0.383 e. The molecule has 5 rings (SSSR count). The summed E-state index contributed by atoms with van der Waals surface area (Å²) in [5.74, 6) is 0.0662. The molecule has 2 aromatic carbocycles. The fraction of sp³-hybridized carbons (Fsp3) is 0.480. The second-order valence-corrected chi connectivity index (χ2v) is 9.35. The van der Waals surface area contributed by atoms with Gasteiger partial charge in [-0.15, -0.1) is 0 Å². The van der Waals surface area contributed by atoms with E-state index in [1.54, 1.807) is 12.0 Å². The molecular weight excluding hydrogens is 388 g/mol. The topological polar surface area (TPSA) is 56.8 Å². The number of hydrogen-bond donors (Lipinski definition) is 2. The zero-order valence-electron chi connectivity index (χ0n) is 18.9. The average molecular weight is 421 g/mol. The summed E-state index contributed by atoms with van der Waals surface area (Å²) in [6.45, 7) is 3.27. The molecule has 6 nitrogen and oxygen atoms in total. The smallest absolute Gasteiger partial charge is 0.254 e. The Morgan fingerprint density at radius 3 is 2.65 bits per heavy atom. The Kier molecular flexibility index (Phi) is 4.85. The second-order valence-electron chi connectivity index (χ2n) is 9.35. The molecule has 0 fully saturated rings. The first-order valence-electron chi connectivity index (χ1n) is 11.2. The van der Waals surface area contributed by atoms with Gasteiger partial charge in [-0.2, -0.15) is 0 Å². The Balaban J connectivity index is 1.55. The van der Waals surface area contributed by atoms with Crippen molar-refractivity contribution in [3.05, 3.63) is 52.6 Å². The zero-order valence-corrected chi connectivity index (χ0v) is 18.9. The molecule has 2 aliphatic heterocycles. The van der Waals surface area contributed by atoms with E-state index in [0.717, 1.165) is 53.9 Å². The first-order chi connectivity index (χ1) is 14.9. The number of fused-ring (bicyclic) bond motifs is 4. The Labute approximate surface area is 184 Å². The van der Waals surface area contributed by atoms with E-state index >= 15 is 0 Å². The van der Waals surface area contributed by atoms with Crippen LogP contribution in [0.2, 0.25) is 0 Å². The molecule has 2 aromatic rings. The molecule has 2 heterocycles. The number of ether oxygens (including phenoxy) is 1. The van der Waals surface area contributed by atoms with Crippen molar-refractivity contribution < 1.29 is 9.53 Å². The van der Waals surface area contributed by atoms with Gasteiger partial charge in [-0.3, -0.25) is 4.79 Å². The summed E-state index contributed by atoms with van der Waals surface area (Å²) in [7, 11) is 5.61. The molecule has 0 radical (unpaired) electrons. The summed E-state index contributed by atoms with van der Waals surface area (Å²) in [6, 6.07) is 10.9. The van der Waals surface area contributed by atoms with Crippen molar-refractivity contribution in [2.75, 3.05) is 49.9 Å². The van der Waals surface area contributed by atoms with Gasteiger partial charge in [0.1, 0.15) is 0 Å². The number of amides is 1. The van der Waals surface area contributed by atoms with Crippen LogP contribution in [-0.2, 0) is 24.0 Å². The number of benzene rings is 2. The molecule has 1 spiro atoms. The number of likely N-dealkylation sites (N-methyl/N-ethyl adjacent to an activating group) is 1. The molecule has 3 aliphatic rings. The fourth-order valence-electron chi connectivity index (χ4n) is 5.42. The highest BCUT2D eigenvalue weighted by atomic mass is 16.5.